The maximum Gasteiger partial charge on any atom is 0.225 e. The lowest BCUT2D eigenvalue weighted by molar-refractivity contribution is -0.136. The number of aliphatic hydroxyl groups excluding tert-OH is 1. The Hall–Kier alpha value is -0.570. The van der Waals surface area contributed by atoms with Crippen LogP contribution in [0.2, 0.25) is 0 Å². The number of hydrogen-bond acceptors (Lipinski definition) is 2. The molecule has 0 spiro atoms. The van der Waals surface area contributed by atoms with Crippen LogP contribution < -0.4 is 0 Å². The Kier molecular flexibility index (Phi) is 6.59. The van der Waals surface area contributed by atoms with Gasteiger partial charge in [-0.05, 0) is 19.8 Å². The molecule has 0 aliphatic heterocycles. The number of hydrogen-bond donors (Lipinski definition) is 1. The molecular weight excluding hydrogens is 166 g/mol. The van der Waals surface area contributed by atoms with Gasteiger partial charge in [0.25, 0.3) is 0 Å². The van der Waals surface area contributed by atoms with Crippen molar-refractivity contribution in [3.05, 3.63) is 0 Å². The standard InChI is InChI=1S/C10H21NO2/c1-4-9(5-2)10(13)11(6-3)7-8-12/h9,12H,4-8H2,1-3H3. The minimum atomic E-state index is 0.0553. The summed E-state index contributed by atoms with van der Waals surface area (Å²) in [6.45, 7) is 7.20. The number of amides is 1. The van der Waals surface area contributed by atoms with Crippen LogP contribution >= 0.6 is 0 Å². The van der Waals surface area contributed by atoms with Gasteiger partial charge in [0.05, 0.1) is 6.61 Å². The highest BCUT2D eigenvalue weighted by Gasteiger charge is 2.19. The van der Waals surface area contributed by atoms with Gasteiger partial charge in [-0.1, -0.05) is 13.8 Å². The minimum Gasteiger partial charge on any atom is -0.395 e. The van der Waals surface area contributed by atoms with E-state index < -0.39 is 0 Å². The molecule has 0 aromatic heterocycles. The molecule has 0 unspecified atom stereocenters. The number of carbonyl (C=O) groups is 1. The topological polar surface area (TPSA) is 40.5 Å². The Morgan fingerprint density at radius 1 is 1.31 bits per heavy atom. The van der Waals surface area contributed by atoms with Gasteiger partial charge in [0.15, 0.2) is 0 Å². The molecule has 0 saturated carbocycles. The molecule has 1 N–H and O–H groups in total. The van der Waals surface area contributed by atoms with Crippen molar-refractivity contribution in [2.24, 2.45) is 5.92 Å². The number of carbonyl (C=O) groups excluding carboxylic acids is 1. The van der Waals surface area contributed by atoms with Crippen LogP contribution in [0.15, 0.2) is 0 Å². The maximum atomic E-state index is 11.7. The number of nitrogens with zero attached hydrogens (tertiary/aromatic N) is 1. The lowest BCUT2D eigenvalue weighted by Crippen LogP contribution is -2.37. The number of likely N-dealkylation sites (N-methyl/N-ethyl adjacent to an activating group) is 1. The van der Waals surface area contributed by atoms with Crippen molar-refractivity contribution >= 4 is 5.91 Å². The molecule has 0 heterocycles. The summed E-state index contributed by atoms with van der Waals surface area (Å²) in [4.78, 5) is 13.5. The molecule has 3 heteroatoms. The van der Waals surface area contributed by atoms with Gasteiger partial charge in [-0.25, -0.2) is 0 Å². The van der Waals surface area contributed by atoms with Gasteiger partial charge in [0.2, 0.25) is 5.91 Å². The molecule has 13 heavy (non-hydrogen) atoms. The quantitative estimate of drug-likeness (QED) is 0.680. The van der Waals surface area contributed by atoms with Gasteiger partial charge in [-0.2, -0.15) is 0 Å². The largest absolute Gasteiger partial charge is 0.395 e. The second-order valence-corrected chi connectivity index (χ2v) is 3.15. The molecule has 0 fully saturated rings. The van der Waals surface area contributed by atoms with Gasteiger partial charge in [0, 0.05) is 19.0 Å². The lowest BCUT2D eigenvalue weighted by atomic mass is 10.0. The first-order valence-electron chi connectivity index (χ1n) is 5.10. The third kappa shape index (κ3) is 3.77. The predicted octanol–water partition coefficient (Wildman–Crippen LogP) is 1.26. The molecule has 78 valence electrons. The molecule has 1 amide bonds. The van der Waals surface area contributed by atoms with Crippen molar-refractivity contribution in [1.82, 2.24) is 4.90 Å². The highest BCUT2D eigenvalue weighted by atomic mass is 16.3. The maximum absolute atomic E-state index is 11.7. The molecule has 3 nitrogen and oxygen atoms in total. The first kappa shape index (κ1) is 12.4. The predicted molar refractivity (Wildman–Crippen MR) is 53.4 cm³/mol. The van der Waals surface area contributed by atoms with E-state index in [1.165, 1.54) is 0 Å². The van der Waals surface area contributed by atoms with E-state index >= 15 is 0 Å². The molecule has 0 bridgehead atoms. The van der Waals surface area contributed by atoms with Gasteiger partial charge in [-0.15, -0.1) is 0 Å². The summed E-state index contributed by atoms with van der Waals surface area (Å²) in [6, 6.07) is 0. The van der Waals surface area contributed by atoms with Crippen molar-refractivity contribution in [2.45, 2.75) is 33.6 Å². The third-order valence-corrected chi connectivity index (χ3v) is 2.40. The molecule has 0 aliphatic rings. The fraction of sp³-hybridized carbons (Fsp3) is 0.900. The Bertz CT molecular complexity index is 144. The van der Waals surface area contributed by atoms with Crippen LogP contribution in [0.4, 0.5) is 0 Å². The molecule has 0 radical (unpaired) electrons. The zero-order valence-corrected chi connectivity index (χ0v) is 8.92. The molecule has 0 atom stereocenters. The van der Waals surface area contributed by atoms with Crippen LogP contribution in [0.25, 0.3) is 0 Å². The summed E-state index contributed by atoms with van der Waals surface area (Å²) >= 11 is 0. The summed E-state index contributed by atoms with van der Waals surface area (Å²) in [7, 11) is 0. The molecular formula is C10H21NO2. The number of rotatable bonds is 6. The fourth-order valence-corrected chi connectivity index (χ4v) is 1.44. The highest BCUT2D eigenvalue weighted by Crippen LogP contribution is 2.11. The minimum absolute atomic E-state index is 0.0553. The molecule has 0 aromatic carbocycles. The smallest absolute Gasteiger partial charge is 0.225 e. The third-order valence-electron chi connectivity index (χ3n) is 2.40. The van der Waals surface area contributed by atoms with Crippen molar-refractivity contribution < 1.29 is 9.90 Å². The first-order valence-corrected chi connectivity index (χ1v) is 5.10. The van der Waals surface area contributed by atoms with Crippen molar-refractivity contribution in [3.63, 3.8) is 0 Å². The summed E-state index contributed by atoms with van der Waals surface area (Å²) in [5, 5.41) is 8.75. The second-order valence-electron chi connectivity index (χ2n) is 3.15. The average Bonchev–Trinajstić information content (AvgIpc) is 2.15. The Morgan fingerprint density at radius 3 is 2.15 bits per heavy atom. The van der Waals surface area contributed by atoms with E-state index in [1.807, 2.05) is 20.8 Å². The Labute approximate surface area is 80.7 Å². The zero-order valence-electron chi connectivity index (χ0n) is 8.92. The summed E-state index contributed by atoms with van der Waals surface area (Å²) in [5.74, 6) is 0.313. The molecule has 0 saturated heterocycles. The van der Waals surface area contributed by atoms with E-state index in [2.05, 4.69) is 0 Å². The normalized spacial score (nSPS) is 10.5. The van der Waals surface area contributed by atoms with Crippen molar-refractivity contribution in [1.29, 1.82) is 0 Å². The summed E-state index contributed by atoms with van der Waals surface area (Å²) in [6.07, 6.45) is 1.77. The monoisotopic (exact) mass is 187 g/mol. The van der Waals surface area contributed by atoms with Crippen LogP contribution in [-0.2, 0) is 4.79 Å². The van der Waals surface area contributed by atoms with Crippen molar-refractivity contribution in [3.8, 4) is 0 Å². The van der Waals surface area contributed by atoms with E-state index in [9.17, 15) is 4.79 Å². The Balaban J connectivity index is 4.16. The van der Waals surface area contributed by atoms with Gasteiger partial charge in [-0.3, -0.25) is 4.79 Å². The van der Waals surface area contributed by atoms with E-state index in [1.54, 1.807) is 4.90 Å². The van der Waals surface area contributed by atoms with Crippen LogP contribution in [0, 0.1) is 5.92 Å². The fourth-order valence-electron chi connectivity index (χ4n) is 1.44. The van der Waals surface area contributed by atoms with E-state index in [0.717, 1.165) is 12.8 Å². The Morgan fingerprint density at radius 2 is 1.85 bits per heavy atom. The lowest BCUT2D eigenvalue weighted by Gasteiger charge is -2.24. The van der Waals surface area contributed by atoms with Gasteiger partial charge >= 0.3 is 0 Å². The summed E-state index contributed by atoms with van der Waals surface area (Å²) in [5.41, 5.74) is 0. The van der Waals surface area contributed by atoms with Gasteiger partial charge < -0.3 is 10.0 Å². The first-order chi connectivity index (χ1) is 6.21. The molecule has 0 aromatic rings. The SMILES string of the molecule is CCC(CC)C(=O)N(CC)CCO. The van der Waals surface area contributed by atoms with Crippen LogP contribution in [0.1, 0.15) is 33.6 Å². The van der Waals surface area contributed by atoms with Crippen LogP contribution in [0.5, 0.6) is 0 Å². The van der Waals surface area contributed by atoms with Crippen LogP contribution in [0.3, 0.4) is 0 Å². The number of aliphatic hydroxyl groups is 1. The second kappa shape index (κ2) is 6.89. The average molecular weight is 187 g/mol. The van der Waals surface area contributed by atoms with Crippen molar-refractivity contribution in [2.75, 3.05) is 19.7 Å². The molecule has 0 rings (SSSR count). The zero-order chi connectivity index (χ0) is 10.3. The van der Waals surface area contributed by atoms with E-state index in [0.29, 0.717) is 13.1 Å². The van der Waals surface area contributed by atoms with E-state index in [-0.39, 0.29) is 18.4 Å². The highest BCUT2D eigenvalue weighted by molar-refractivity contribution is 5.78. The van der Waals surface area contributed by atoms with E-state index in [4.69, 9.17) is 5.11 Å². The van der Waals surface area contributed by atoms with Crippen LogP contribution in [-0.4, -0.2) is 35.6 Å². The van der Waals surface area contributed by atoms with Gasteiger partial charge in [0.1, 0.15) is 0 Å². The molecule has 0 aliphatic carbocycles. The summed E-state index contributed by atoms with van der Waals surface area (Å²) < 4.78 is 0.